The molecular weight excluding hydrogens is 442 g/mol. The van der Waals surface area contributed by atoms with Crippen LogP contribution in [-0.2, 0) is 16.0 Å². The molecule has 3 heterocycles. The topological polar surface area (TPSA) is 161 Å². The summed E-state index contributed by atoms with van der Waals surface area (Å²) in [6, 6.07) is 5.52. The van der Waals surface area contributed by atoms with Crippen molar-refractivity contribution in [2.24, 2.45) is 5.73 Å². The molecule has 12 heteroatoms. The van der Waals surface area contributed by atoms with Crippen molar-refractivity contribution in [3.05, 3.63) is 42.5 Å². The van der Waals surface area contributed by atoms with Crippen LogP contribution < -0.4 is 20.7 Å². The first-order valence-electron chi connectivity index (χ1n) is 10.8. The van der Waals surface area contributed by atoms with E-state index in [0.717, 1.165) is 5.56 Å². The van der Waals surface area contributed by atoms with Crippen molar-refractivity contribution in [3.63, 3.8) is 0 Å². The van der Waals surface area contributed by atoms with Crippen LogP contribution in [0.4, 0.5) is 5.82 Å². The molecule has 0 saturated carbocycles. The van der Waals surface area contributed by atoms with E-state index in [1.54, 1.807) is 28.7 Å². The Kier molecular flexibility index (Phi) is 6.93. The number of rotatable bonds is 8. The quantitative estimate of drug-likeness (QED) is 0.328. The number of aromatic nitrogens is 4. The van der Waals surface area contributed by atoms with Gasteiger partial charge < -0.3 is 35.6 Å². The summed E-state index contributed by atoms with van der Waals surface area (Å²) in [6.45, 7) is -0.406. The van der Waals surface area contributed by atoms with Crippen molar-refractivity contribution >= 4 is 22.9 Å². The fraction of sp³-hybridized carbons (Fsp3) is 0.455. The number of benzene rings is 1. The number of methoxy groups -OCH3 is 1. The standard InChI is InChI=1S/C22H29N7O5/c1-28(2)19-17-20(25-10-24-19)29(11-26-17)22-18(31)16(15(9-30)34-22)27-21(32)14(23)8-12-4-6-13(33-3)7-5-12/h4-7,10-11,14-16,18,22,30-31H,8-9,23H2,1-3H3,(H,27,32)/t14-,15+,16-,18+,22-/m0/s1. The molecule has 0 radical (unpaired) electrons. The number of amides is 1. The van der Waals surface area contributed by atoms with Crippen LogP contribution in [-0.4, -0.2) is 87.7 Å². The van der Waals surface area contributed by atoms with Gasteiger partial charge in [-0.25, -0.2) is 15.0 Å². The lowest BCUT2D eigenvalue weighted by atomic mass is 10.0. The maximum Gasteiger partial charge on any atom is 0.237 e. The number of nitrogens with zero attached hydrogens (tertiary/aromatic N) is 5. The number of nitrogens with two attached hydrogens (primary N) is 1. The van der Waals surface area contributed by atoms with Gasteiger partial charge in [0, 0.05) is 14.1 Å². The second-order valence-electron chi connectivity index (χ2n) is 8.35. The van der Waals surface area contributed by atoms with Gasteiger partial charge in [0.05, 0.1) is 32.1 Å². The maximum atomic E-state index is 12.8. The normalized spacial score (nSPS) is 23.1. The molecule has 0 unspecified atom stereocenters. The Hall–Kier alpha value is -3.32. The zero-order valence-electron chi connectivity index (χ0n) is 19.2. The van der Waals surface area contributed by atoms with Gasteiger partial charge in [0.1, 0.15) is 24.3 Å². The molecule has 1 aliphatic rings. The summed E-state index contributed by atoms with van der Waals surface area (Å²) in [4.78, 5) is 27.5. The lowest BCUT2D eigenvalue weighted by Crippen LogP contribution is -2.53. The first-order valence-corrected chi connectivity index (χ1v) is 10.8. The van der Waals surface area contributed by atoms with Gasteiger partial charge in [-0.2, -0.15) is 0 Å². The Morgan fingerprint density at radius 1 is 1.29 bits per heavy atom. The molecule has 0 aliphatic carbocycles. The zero-order chi connectivity index (χ0) is 24.4. The van der Waals surface area contributed by atoms with E-state index in [0.29, 0.717) is 29.2 Å². The fourth-order valence-corrected chi connectivity index (χ4v) is 4.04. The van der Waals surface area contributed by atoms with E-state index in [1.165, 1.54) is 12.7 Å². The van der Waals surface area contributed by atoms with Gasteiger partial charge in [-0.3, -0.25) is 9.36 Å². The second kappa shape index (κ2) is 9.89. The third-order valence-electron chi connectivity index (χ3n) is 5.85. The number of fused-ring (bicyclic) bond motifs is 1. The van der Waals surface area contributed by atoms with Gasteiger partial charge in [0.15, 0.2) is 23.2 Å². The van der Waals surface area contributed by atoms with Crippen LogP contribution in [0, 0.1) is 0 Å². The van der Waals surface area contributed by atoms with Gasteiger partial charge in [-0.05, 0) is 24.1 Å². The molecule has 0 spiro atoms. The van der Waals surface area contributed by atoms with Crippen LogP contribution in [0.15, 0.2) is 36.9 Å². The van der Waals surface area contributed by atoms with Crippen LogP contribution in [0.3, 0.4) is 0 Å². The number of aliphatic hydroxyl groups excluding tert-OH is 2. The Morgan fingerprint density at radius 3 is 2.68 bits per heavy atom. The predicted molar refractivity (Wildman–Crippen MR) is 123 cm³/mol. The fourth-order valence-electron chi connectivity index (χ4n) is 4.04. The van der Waals surface area contributed by atoms with Crippen LogP contribution >= 0.6 is 0 Å². The van der Waals surface area contributed by atoms with Crippen molar-refractivity contribution in [1.82, 2.24) is 24.8 Å². The predicted octanol–water partition coefficient (Wildman–Crippen LogP) is -0.794. The zero-order valence-corrected chi connectivity index (χ0v) is 19.2. The van der Waals surface area contributed by atoms with E-state index < -0.39 is 43.0 Å². The summed E-state index contributed by atoms with van der Waals surface area (Å²) in [5.74, 6) is 0.861. The summed E-state index contributed by atoms with van der Waals surface area (Å²) in [6.07, 6.45) is 0.250. The van der Waals surface area contributed by atoms with E-state index in [2.05, 4.69) is 20.3 Å². The molecule has 5 atom stereocenters. The van der Waals surface area contributed by atoms with Gasteiger partial charge in [0.25, 0.3) is 0 Å². The van der Waals surface area contributed by atoms with E-state index in [9.17, 15) is 15.0 Å². The largest absolute Gasteiger partial charge is 0.497 e. The monoisotopic (exact) mass is 471 g/mol. The number of imidazole rings is 1. The number of ether oxygens (including phenoxy) is 2. The summed E-state index contributed by atoms with van der Waals surface area (Å²) in [5, 5.41) is 23.6. The molecule has 1 fully saturated rings. The Balaban J connectivity index is 1.49. The minimum absolute atomic E-state index is 0.295. The lowest BCUT2D eigenvalue weighted by Gasteiger charge is -2.23. The highest BCUT2D eigenvalue weighted by Crippen LogP contribution is 2.32. The summed E-state index contributed by atoms with van der Waals surface area (Å²) in [5.41, 5.74) is 7.98. The molecule has 3 aromatic rings. The van der Waals surface area contributed by atoms with Crippen molar-refractivity contribution in [2.75, 3.05) is 32.7 Å². The number of aliphatic hydroxyl groups is 2. The highest BCUT2D eigenvalue weighted by Gasteiger charge is 2.46. The second-order valence-corrected chi connectivity index (χ2v) is 8.35. The molecular formula is C22H29N7O5. The minimum Gasteiger partial charge on any atom is -0.497 e. The third kappa shape index (κ3) is 4.53. The number of carbonyl (C=O) groups is 1. The van der Waals surface area contributed by atoms with Crippen molar-refractivity contribution in [3.8, 4) is 5.75 Å². The van der Waals surface area contributed by atoms with Crippen LogP contribution in [0.25, 0.3) is 11.2 Å². The molecule has 5 N–H and O–H groups in total. The number of anilines is 1. The molecule has 4 rings (SSSR count). The van der Waals surface area contributed by atoms with E-state index in [-0.39, 0.29) is 0 Å². The third-order valence-corrected chi connectivity index (χ3v) is 5.85. The molecule has 1 amide bonds. The smallest absolute Gasteiger partial charge is 0.237 e. The molecule has 1 saturated heterocycles. The van der Waals surface area contributed by atoms with Gasteiger partial charge in [-0.15, -0.1) is 0 Å². The van der Waals surface area contributed by atoms with Crippen molar-refractivity contribution in [1.29, 1.82) is 0 Å². The number of hydrogen-bond acceptors (Lipinski definition) is 10. The molecule has 12 nitrogen and oxygen atoms in total. The average molecular weight is 472 g/mol. The molecule has 2 aromatic heterocycles. The van der Waals surface area contributed by atoms with Crippen molar-refractivity contribution in [2.45, 2.75) is 36.9 Å². The van der Waals surface area contributed by atoms with Crippen LogP contribution in [0.2, 0.25) is 0 Å². The number of carbonyl (C=O) groups excluding carboxylic acids is 1. The number of hydrogen-bond donors (Lipinski definition) is 4. The van der Waals surface area contributed by atoms with Crippen LogP contribution in [0.5, 0.6) is 5.75 Å². The summed E-state index contributed by atoms with van der Waals surface area (Å²) < 4.78 is 12.6. The molecule has 34 heavy (non-hydrogen) atoms. The van der Waals surface area contributed by atoms with Gasteiger partial charge >= 0.3 is 0 Å². The summed E-state index contributed by atoms with van der Waals surface area (Å²) in [7, 11) is 5.25. The first kappa shape index (κ1) is 23.8. The highest BCUT2D eigenvalue weighted by molar-refractivity contribution is 5.83. The van der Waals surface area contributed by atoms with Crippen molar-refractivity contribution < 1.29 is 24.5 Å². The molecule has 1 aromatic carbocycles. The Bertz CT molecular complexity index is 1140. The minimum atomic E-state index is -1.18. The highest BCUT2D eigenvalue weighted by atomic mass is 16.5. The number of nitrogens with one attached hydrogen (secondary N) is 1. The SMILES string of the molecule is COc1ccc(C[C@H](N)C(=O)N[C@@H]2[C@@H](O)[C@@H](n3cnc4c(N(C)C)ncnc43)O[C@@H]2CO)cc1. The van der Waals surface area contributed by atoms with Crippen LogP contribution in [0.1, 0.15) is 11.8 Å². The Morgan fingerprint density at radius 2 is 2.03 bits per heavy atom. The van der Waals surface area contributed by atoms with E-state index in [1.807, 2.05) is 26.2 Å². The maximum absolute atomic E-state index is 12.8. The van der Waals surface area contributed by atoms with Gasteiger partial charge in [-0.1, -0.05) is 12.1 Å². The lowest BCUT2D eigenvalue weighted by molar-refractivity contribution is -0.124. The first-order chi connectivity index (χ1) is 16.3. The average Bonchev–Trinajstić information content (AvgIpc) is 3.40. The molecule has 1 aliphatic heterocycles. The van der Waals surface area contributed by atoms with E-state index >= 15 is 0 Å². The molecule has 0 bridgehead atoms. The van der Waals surface area contributed by atoms with Gasteiger partial charge in [0.2, 0.25) is 5.91 Å². The summed E-state index contributed by atoms with van der Waals surface area (Å²) >= 11 is 0. The molecule has 182 valence electrons. The Labute approximate surface area is 196 Å². The van der Waals surface area contributed by atoms with E-state index in [4.69, 9.17) is 15.2 Å².